The molecule has 2 N–H and O–H groups in total. The highest BCUT2D eigenvalue weighted by Crippen LogP contribution is 2.10. The molecule has 0 fully saturated rings. The highest BCUT2D eigenvalue weighted by molar-refractivity contribution is 5.91. The maximum absolute atomic E-state index is 13.4. The Labute approximate surface area is 122 Å². The molecule has 0 radical (unpaired) electrons. The highest BCUT2D eigenvalue weighted by atomic mass is 19.1. The number of benzene rings is 1. The lowest BCUT2D eigenvalue weighted by Crippen LogP contribution is -2.17. The van der Waals surface area contributed by atoms with Crippen LogP contribution in [-0.4, -0.2) is 22.1 Å². The van der Waals surface area contributed by atoms with Crippen molar-refractivity contribution in [2.45, 2.75) is 26.3 Å². The van der Waals surface area contributed by atoms with Crippen LogP contribution >= 0.6 is 0 Å². The fourth-order valence-corrected chi connectivity index (χ4v) is 1.77. The molecule has 2 aromatic rings. The summed E-state index contributed by atoms with van der Waals surface area (Å²) in [4.78, 5) is 11.8. The molecule has 0 unspecified atom stereocenters. The molecule has 5 nitrogen and oxygen atoms in total. The number of aromatic nitrogens is 2. The molecule has 0 saturated carbocycles. The first kappa shape index (κ1) is 14.9. The van der Waals surface area contributed by atoms with Crippen LogP contribution in [0.15, 0.2) is 36.4 Å². The van der Waals surface area contributed by atoms with E-state index in [9.17, 15) is 9.18 Å². The molecule has 1 heterocycles. The van der Waals surface area contributed by atoms with Gasteiger partial charge in [0.1, 0.15) is 11.6 Å². The molecule has 1 amide bonds. The van der Waals surface area contributed by atoms with Crippen LogP contribution in [-0.2, 0) is 11.2 Å². The van der Waals surface area contributed by atoms with Crippen molar-refractivity contribution in [3.8, 4) is 0 Å². The van der Waals surface area contributed by atoms with Crippen molar-refractivity contribution in [1.82, 2.24) is 10.2 Å². The number of carbonyl (C=O) groups is 1. The number of amides is 1. The monoisotopic (exact) mass is 288 g/mol. The van der Waals surface area contributed by atoms with E-state index >= 15 is 0 Å². The number of nitrogens with zero attached hydrogens (tertiary/aromatic N) is 2. The Hall–Kier alpha value is -2.50. The largest absolute Gasteiger partial charge is 0.366 e. The second-order valence-corrected chi connectivity index (χ2v) is 4.92. The molecule has 0 spiro atoms. The first-order chi connectivity index (χ1) is 10.0. The molecular formula is C15H17FN4O. The summed E-state index contributed by atoms with van der Waals surface area (Å²) in [5.74, 6) is 0.247. The number of rotatable bonds is 5. The van der Waals surface area contributed by atoms with E-state index in [2.05, 4.69) is 20.8 Å². The van der Waals surface area contributed by atoms with Crippen molar-refractivity contribution in [2.75, 3.05) is 10.6 Å². The Morgan fingerprint density at radius 1 is 1.14 bits per heavy atom. The lowest BCUT2D eigenvalue weighted by molar-refractivity contribution is -0.115. The number of hydrogen-bond acceptors (Lipinski definition) is 4. The van der Waals surface area contributed by atoms with Crippen LogP contribution in [0.2, 0.25) is 0 Å². The third-order valence-electron chi connectivity index (χ3n) is 2.68. The summed E-state index contributed by atoms with van der Waals surface area (Å²) in [5, 5.41) is 13.5. The van der Waals surface area contributed by atoms with Gasteiger partial charge < -0.3 is 10.6 Å². The van der Waals surface area contributed by atoms with Crippen molar-refractivity contribution in [3.05, 3.63) is 47.8 Å². The predicted octanol–water partition coefficient (Wildman–Crippen LogP) is 2.62. The minimum absolute atomic E-state index is 0.0413. The molecule has 0 aliphatic heterocycles. The Morgan fingerprint density at radius 2 is 1.81 bits per heavy atom. The van der Waals surface area contributed by atoms with E-state index in [1.54, 1.807) is 30.3 Å². The first-order valence-corrected chi connectivity index (χ1v) is 6.68. The third kappa shape index (κ3) is 4.52. The van der Waals surface area contributed by atoms with Crippen molar-refractivity contribution in [2.24, 2.45) is 0 Å². The maximum atomic E-state index is 13.4. The minimum atomic E-state index is -0.393. The molecule has 2 rings (SSSR count). The van der Waals surface area contributed by atoms with Gasteiger partial charge in [0.05, 0.1) is 6.42 Å². The van der Waals surface area contributed by atoms with Crippen molar-refractivity contribution >= 4 is 17.5 Å². The molecule has 1 aromatic heterocycles. The number of nitrogens with one attached hydrogen (secondary N) is 2. The quantitative estimate of drug-likeness (QED) is 0.887. The van der Waals surface area contributed by atoms with E-state index in [1.165, 1.54) is 6.07 Å². The van der Waals surface area contributed by atoms with Crippen LogP contribution in [0.25, 0.3) is 0 Å². The number of halogens is 1. The maximum Gasteiger partial charge on any atom is 0.230 e. The van der Waals surface area contributed by atoms with Crippen molar-refractivity contribution in [1.29, 1.82) is 0 Å². The van der Waals surface area contributed by atoms with Gasteiger partial charge >= 0.3 is 0 Å². The van der Waals surface area contributed by atoms with Gasteiger partial charge in [-0.15, -0.1) is 10.2 Å². The summed E-state index contributed by atoms with van der Waals surface area (Å²) in [6.07, 6.45) is -0.0413. The Bertz CT molecular complexity index is 613. The van der Waals surface area contributed by atoms with Gasteiger partial charge in [-0.05, 0) is 37.6 Å². The Balaban J connectivity index is 1.95. The normalized spacial score (nSPS) is 10.5. The summed E-state index contributed by atoms with van der Waals surface area (Å²) >= 11 is 0. The van der Waals surface area contributed by atoms with E-state index in [-0.39, 0.29) is 18.4 Å². The van der Waals surface area contributed by atoms with E-state index in [0.717, 1.165) is 0 Å². The van der Waals surface area contributed by atoms with Gasteiger partial charge in [-0.3, -0.25) is 4.79 Å². The SMILES string of the molecule is CC(C)Nc1ccc(NC(=O)Cc2ccccc2F)nn1. The van der Waals surface area contributed by atoms with Crippen LogP contribution in [0, 0.1) is 5.82 Å². The van der Waals surface area contributed by atoms with Crippen LogP contribution in [0.4, 0.5) is 16.0 Å². The van der Waals surface area contributed by atoms with E-state index < -0.39 is 5.82 Å². The molecule has 21 heavy (non-hydrogen) atoms. The summed E-state index contributed by atoms with van der Waals surface area (Å²) in [6.45, 7) is 3.98. The molecule has 0 bridgehead atoms. The number of carbonyl (C=O) groups excluding carboxylic acids is 1. The lowest BCUT2D eigenvalue weighted by Gasteiger charge is -2.09. The molecule has 0 saturated heterocycles. The molecule has 6 heteroatoms. The van der Waals surface area contributed by atoms with Gasteiger partial charge in [0.15, 0.2) is 5.82 Å². The fraction of sp³-hybridized carbons (Fsp3) is 0.267. The van der Waals surface area contributed by atoms with Crippen molar-refractivity contribution < 1.29 is 9.18 Å². The van der Waals surface area contributed by atoms with Gasteiger partial charge in [-0.25, -0.2) is 4.39 Å². The summed E-state index contributed by atoms with van der Waals surface area (Å²) in [5.41, 5.74) is 0.348. The predicted molar refractivity (Wildman–Crippen MR) is 79.5 cm³/mol. The zero-order valence-corrected chi connectivity index (χ0v) is 11.9. The lowest BCUT2D eigenvalue weighted by atomic mass is 10.1. The molecule has 0 aliphatic rings. The molecule has 0 atom stereocenters. The first-order valence-electron chi connectivity index (χ1n) is 6.68. The van der Waals surface area contributed by atoms with Gasteiger partial charge in [0.2, 0.25) is 5.91 Å². The van der Waals surface area contributed by atoms with E-state index in [4.69, 9.17) is 0 Å². The summed E-state index contributed by atoms with van der Waals surface area (Å²) in [6, 6.07) is 9.81. The zero-order valence-electron chi connectivity index (χ0n) is 11.9. The number of hydrogen-bond donors (Lipinski definition) is 2. The minimum Gasteiger partial charge on any atom is -0.366 e. The average molecular weight is 288 g/mol. The smallest absolute Gasteiger partial charge is 0.230 e. The van der Waals surface area contributed by atoms with Crippen LogP contribution in [0.5, 0.6) is 0 Å². The Morgan fingerprint density at radius 3 is 2.43 bits per heavy atom. The summed E-state index contributed by atoms with van der Waals surface area (Å²) < 4.78 is 13.4. The summed E-state index contributed by atoms with van der Waals surface area (Å²) in [7, 11) is 0. The zero-order chi connectivity index (χ0) is 15.2. The molecular weight excluding hydrogens is 271 g/mol. The second-order valence-electron chi connectivity index (χ2n) is 4.92. The highest BCUT2D eigenvalue weighted by Gasteiger charge is 2.09. The van der Waals surface area contributed by atoms with Crippen LogP contribution < -0.4 is 10.6 Å². The molecule has 1 aromatic carbocycles. The van der Waals surface area contributed by atoms with Crippen molar-refractivity contribution in [3.63, 3.8) is 0 Å². The Kier molecular flexibility index (Phi) is 4.81. The van der Waals surface area contributed by atoms with Gasteiger partial charge in [-0.2, -0.15) is 0 Å². The van der Waals surface area contributed by atoms with Crippen LogP contribution in [0.3, 0.4) is 0 Å². The van der Waals surface area contributed by atoms with E-state index in [1.807, 2.05) is 13.8 Å². The van der Waals surface area contributed by atoms with Crippen LogP contribution in [0.1, 0.15) is 19.4 Å². The number of anilines is 2. The van der Waals surface area contributed by atoms with Gasteiger partial charge in [0, 0.05) is 6.04 Å². The van der Waals surface area contributed by atoms with E-state index in [0.29, 0.717) is 17.2 Å². The standard InChI is InChI=1S/C15H17FN4O/c1-10(2)17-13-7-8-14(20-19-13)18-15(21)9-11-5-3-4-6-12(11)16/h3-8,10H,9H2,1-2H3,(H,17,19)(H,18,20,21). The molecule has 110 valence electrons. The van der Waals surface area contributed by atoms with Gasteiger partial charge in [-0.1, -0.05) is 18.2 Å². The average Bonchev–Trinajstić information content (AvgIpc) is 2.43. The second kappa shape index (κ2) is 6.78. The molecule has 0 aliphatic carbocycles. The van der Waals surface area contributed by atoms with Gasteiger partial charge in [0.25, 0.3) is 0 Å². The topological polar surface area (TPSA) is 66.9 Å². The fourth-order valence-electron chi connectivity index (χ4n) is 1.77. The third-order valence-corrected chi connectivity index (χ3v) is 2.68.